The quantitative estimate of drug-likeness (QED) is 0.713. The Morgan fingerprint density at radius 2 is 1.38 bits per heavy atom. The minimum atomic E-state index is -1.09. The van der Waals surface area contributed by atoms with E-state index in [-0.39, 0.29) is 5.91 Å². The fourth-order valence-corrected chi connectivity index (χ4v) is 0.889. The SMILES string of the molecule is CN(C)C(=O)C(C)(C)N=NC(C)(C)C(N)=O. The second kappa shape index (κ2) is 4.59. The van der Waals surface area contributed by atoms with Crippen molar-refractivity contribution < 1.29 is 9.59 Å². The van der Waals surface area contributed by atoms with Crippen LogP contribution in [0.3, 0.4) is 0 Å². The van der Waals surface area contributed by atoms with E-state index >= 15 is 0 Å². The molecule has 6 nitrogen and oxygen atoms in total. The van der Waals surface area contributed by atoms with E-state index in [1.54, 1.807) is 41.8 Å². The molecule has 0 aliphatic rings. The number of hydrogen-bond acceptors (Lipinski definition) is 4. The number of likely N-dealkylation sites (N-methyl/N-ethyl adjacent to an activating group) is 1. The van der Waals surface area contributed by atoms with Crippen LogP contribution < -0.4 is 5.73 Å². The first-order valence-electron chi connectivity index (χ1n) is 4.96. The monoisotopic (exact) mass is 228 g/mol. The summed E-state index contributed by atoms with van der Waals surface area (Å²) < 4.78 is 0. The Labute approximate surface area is 95.9 Å². The summed E-state index contributed by atoms with van der Waals surface area (Å²) in [5, 5.41) is 7.74. The van der Waals surface area contributed by atoms with Gasteiger partial charge in [-0.05, 0) is 27.7 Å². The van der Waals surface area contributed by atoms with Gasteiger partial charge in [-0.25, -0.2) is 0 Å². The Bertz CT molecular complexity index is 319. The largest absolute Gasteiger partial charge is 0.368 e. The van der Waals surface area contributed by atoms with Crippen molar-refractivity contribution in [1.29, 1.82) is 0 Å². The average Bonchev–Trinajstić information content (AvgIpc) is 2.13. The number of azo groups is 1. The molecule has 0 rings (SSSR count). The van der Waals surface area contributed by atoms with Crippen molar-refractivity contribution in [3.05, 3.63) is 0 Å². The summed E-state index contributed by atoms with van der Waals surface area (Å²) in [6, 6.07) is 0. The van der Waals surface area contributed by atoms with E-state index in [2.05, 4.69) is 10.2 Å². The lowest BCUT2D eigenvalue weighted by Crippen LogP contribution is -2.41. The highest BCUT2D eigenvalue weighted by atomic mass is 16.2. The van der Waals surface area contributed by atoms with Crippen LogP contribution in [0.1, 0.15) is 27.7 Å². The van der Waals surface area contributed by atoms with Crippen LogP contribution in [-0.2, 0) is 9.59 Å². The normalized spacial score (nSPS) is 12.9. The summed E-state index contributed by atoms with van der Waals surface area (Å²) in [5.41, 5.74) is 3.06. The molecule has 0 aromatic rings. The number of hydrogen-bond donors (Lipinski definition) is 1. The fourth-order valence-electron chi connectivity index (χ4n) is 0.889. The van der Waals surface area contributed by atoms with Gasteiger partial charge in [0.05, 0.1) is 0 Å². The third-order valence-electron chi connectivity index (χ3n) is 2.08. The van der Waals surface area contributed by atoms with Crippen LogP contribution in [0.25, 0.3) is 0 Å². The minimum absolute atomic E-state index is 0.184. The van der Waals surface area contributed by atoms with Crippen molar-refractivity contribution in [2.45, 2.75) is 38.8 Å². The van der Waals surface area contributed by atoms with Crippen LogP contribution in [0, 0.1) is 0 Å². The highest BCUT2D eigenvalue weighted by Gasteiger charge is 2.31. The standard InChI is InChI=1S/C10H20N4O2/c1-9(2,7(11)15)12-13-10(3,4)8(16)14(5)6/h1-6H3,(H2,11,15). The lowest BCUT2D eigenvalue weighted by Gasteiger charge is -2.23. The van der Waals surface area contributed by atoms with Gasteiger partial charge in [0.2, 0.25) is 5.91 Å². The maximum absolute atomic E-state index is 11.7. The Kier molecular flexibility index (Phi) is 4.17. The molecule has 0 fully saturated rings. The molecule has 0 heterocycles. The second-order valence-electron chi connectivity index (χ2n) is 4.88. The maximum Gasteiger partial charge on any atom is 0.251 e. The van der Waals surface area contributed by atoms with Crippen LogP contribution in [0.4, 0.5) is 0 Å². The van der Waals surface area contributed by atoms with Crippen LogP contribution in [-0.4, -0.2) is 41.9 Å². The molecule has 0 unspecified atom stereocenters. The number of nitrogens with zero attached hydrogens (tertiary/aromatic N) is 3. The van der Waals surface area contributed by atoms with Crippen LogP contribution in [0.15, 0.2) is 10.2 Å². The van der Waals surface area contributed by atoms with E-state index in [9.17, 15) is 9.59 Å². The zero-order chi connectivity index (χ0) is 13.1. The molecule has 2 N–H and O–H groups in total. The lowest BCUT2D eigenvalue weighted by atomic mass is 10.0. The third-order valence-corrected chi connectivity index (χ3v) is 2.08. The van der Waals surface area contributed by atoms with Gasteiger partial charge in [-0.3, -0.25) is 9.59 Å². The Hall–Kier alpha value is -1.46. The summed E-state index contributed by atoms with van der Waals surface area (Å²) in [7, 11) is 3.28. The van der Waals surface area contributed by atoms with Crippen molar-refractivity contribution >= 4 is 11.8 Å². The van der Waals surface area contributed by atoms with E-state index < -0.39 is 17.0 Å². The highest BCUT2D eigenvalue weighted by Crippen LogP contribution is 2.17. The number of nitrogens with two attached hydrogens (primary N) is 1. The molecule has 0 aliphatic carbocycles. The first-order valence-corrected chi connectivity index (χ1v) is 4.96. The number of carbonyl (C=O) groups excluding carboxylic acids is 2. The second-order valence-corrected chi connectivity index (χ2v) is 4.88. The molecule has 0 spiro atoms. The zero-order valence-corrected chi connectivity index (χ0v) is 10.7. The lowest BCUT2D eigenvalue weighted by molar-refractivity contribution is -0.133. The predicted molar refractivity (Wildman–Crippen MR) is 60.9 cm³/mol. The first kappa shape index (κ1) is 14.5. The Balaban J connectivity index is 4.91. The van der Waals surface area contributed by atoms with Crippen molar-refractivity contribution in [1.82, 2.24) is 4.90 Å². The molecule has 92 valence electrons. The molecule has 0 aromatic heterocycles. The molecule has 0 aromatic carbocycles. The average molecular weight is 228 g/mol. The molecule has 0 saturated heterocycles. The Morgan fingerprint density at radius 3 is 1.69 bits per heavy atom. The number of amides is 2. The van der Waals surface area contributed by atoms with Crippen LogP contribution >= 0.6 is 0 Å². The van der Waals surface area contributed by atoms with E-state index in [4.69, 9.17) is 5.73 Å². The van der Waals surface area contributed by atoms with E-state index in [1.807, 2.05) is 0 Å². The summed E-state index contributed by atoms with van der Waals surface area (Å²) in [4.78, 5) is 24.1. The molecule has 0 saturated carbocycles. The molecule has 0 bridgehead atoms. The van der Waals surface area contributed by atoms with Crippen molar-refractivity contribution in [2.75, 3.05) is 14.1 Å². The summed E-state index contributed by atoms with van der Waals surface area (Å²) in [6.45, 7) is 6.37. The van der Waals surface area contributed by atoms with Crippen LogP contribution in [0.2, 0.25) is 0 Å². The first-order chi connectivity index (χ1) is 7.00. The van der Waals surface area contributed by atoms with Crippen LogP contribution in [0.5, 0.6) is 0 Å². The summed E-state index contributed by atoms with van der Waals surface area (Å²) in [6.07, 6.45) is 0. The molecule has 2 amide bonds. The van der Waals surface area contributed by atoms with Gasteiger partial charge in [0, 0.05) is 14.1 Å². The molecule has 0 atom stereocenters. The molecule has 0 aliphatic heterocycles. The van der Waals surface area contributed by atoms with Gasteiger partial charge in [0.1, 0.15) is 0 Å². The van der Waals surface area contributed by atoms with E-state index in [0.717, 1.165) is 0 Å². The van der Waals surface area contributed by atoms with Gasteiger partial charge in [-0.1, -0.05) is 0 Å². The van der Waals surface area contributed by atoms with Crippen molar-refractivity contribution in [3.8, 4) is 0 Å². The molecule has 0 radical (unpaired) electrons. The van der Waals surface area contributed by atoms with E-state index in [1.165, 1.54) is 4.90 Å². The summed E-state index contributed by atoms with van der Waals surface area (Å²) in [5.74, 6) is -0.763. The maximum atomic E-state index is 11.7. The van der Waals surface area contributed by atoms with Gasteiger partial charge < -0.3 is 10.6 Å². The van der Waals surface area contributed by atoms with Gasteiger partial charge in [-0.15, -0.1) is 0 Å². The summed E-state index contributed by atoms with van der Waals surface area (Å²) >= 11 is 0. The number of carbonyl (C=O) groups is 2. The third kappa shape index (κ3) is 3.60. The van der Waals surface area contributed by atoms with Gasteiger partial charge >= 0.3 is 0 Å². The van der Waals surface area contributed by atoms with Gasteiger partial charge in [-0.2, -0.15) is 10.2 Å². The molecule has 6 heteroatoms. The molecular weight excluding hydrogens is 208 g/mol. The molecular formula is C10H20N4O2. The molecule has 16 heavy (non-hydrogen) atoms. The number of primary amides is 1. The highest BCUT2D eigenvalue weighted by molar-refractivity contribution is 5.85. The van der Waals surface area contributed by atoms with Gasteiger partial charge in [0.25, 0.3) is 5.91 Å². The smallest absolute Gasteiger partial charge is 0.251 e. The van der Waals surface area contributed by atoms with Gasteiger partial charge in [0.15, 0.2) is 11.1 Å². The number of rotatable bonds is 4. The topological polar surface area (TPSA) is 88.1 Å². The zero-order valence-electron chi connectivity index (χ0n) is 10.7. The minimum Gasteiger partial charge on any atom is -0.368 e. The van der Waals surface area contributed by atoms with Crippen molar-refractivity contribution in [2.24, 2.45) is 16.0 Å². The fraction of sp³-hybridized carbons (Fsp3) is 0.800. The van der Waals surface area contributed by atoms with E-state index in [0.29, 0.717) is 0 Å². The predicted octanol–water partition coefficient (Wildman–Crippen LogP) is 0.569. The van der Waals surface area contributed by atoms with Crippen molar-refractivity contribution in [3.63, 3.8) is 0 Å². The Morgan fingerprint density at radius 1 is 1.00 bits per heavy atom.